The van der Waals surface area contributed by atoms with Crippen molar-refractivity contribution in [3.63, 3.8) is 0 Å². The first-order valence-electron chi connectivity index (χ1n) is 8.49. The van der Waals surface area contributed by atoms with E-state index in [1.54, 1.807) is 42.7 Å². The molecule has 0 radical (unpaired) electrons. The van der Waals surface area contributed by atoms with Crippen molar-refractivity contribution < 1.29 is 14.6 Å². The number of rotatable bonds is 3. The summed E-state index contributed by atoms with van der Waals surface area (Å²) in [5, 5.41) is 10.9. The summed E-state index contributed by atoms with van der Waals surface area (Å²) in [5.74, 6) is 0.601. The first-order chi connectivity index (χ1) is 12.7. The lowest BCUT2D eigenvalue weighted by Gasteiger charge is -2.25. The van der Waals surface area contributed by atoms with Gasteiger partial charge in [-0.3, -0.25) is 14.8 Å². The van der Waals surface area contributed by atoms with Crippen molar-refractivity contribution in [2.24, 2.45) is 0 Å². The summed E-state index contributed by atoms with van der Waals surface area (Å²) in [4.78, 5) is 23.4. The predicted octanol–water partition coefficient (Wildman–Crippen LogP) is 2.59. The van der Waals surface area contributed by atoms with Crippen LogP contribution in [0.5, 0.6) is 5.75 Å². The maximum Gasteiger partial charge on any atom is 0.255 e. The van der Waals surface area contributed by atoms with Gasteiger partial charge in [-0.1, -0.05) is 12.1 Å². The fourth-order valence-corrected chi connectivity index (χ4v) is 3.53. The number of carbonyl (C=O) groups excluding carboxylic acids is 1. The zero-order chi connectivity index (χ0) is 18.1. The maximum atomic E-state index is 13.3. The summed E-state index contributed by atoms with van der Waals surface area (Å²) in [6.45, 7) is 0.296. The van der Waals surface area contributed by atoms with Crippen molar-refractivity contribution in [1.29, 1.82) is 0 Å². The van der Waals surface area contributed by atoms with Crippen molar-refractivity contribution in [2.45, 2.75) is 18.6 Å². The Morgan fingerprint density at radius 1 is 1.27 bits per heavy atom. The normalized spacial score (nSPS) is 19.7. The quantitative estimate of drug-likeness (QED) is 0.787. The molecule has 6 nitrogen and oxygen atoms in total. The Kier molecular flexibility index (Phi) is 4.26. The molecule has 3 aromatic rings. The zero-order valence-corrected chi connectivity index (χ0v) is 14.4. The molecule has 1 saturated heterocycles. The first-order valence-corrected chi connectivity index (χ1v) is 8.49. The van der Waals surface area contributed by atoms with Crippen LogP contribution in [0.1, 0.15) is 28.4 Å². The fraction of sp³-hybridized carbons (Fsp3) is 0.250. The lowest BCUT2D eigenvalue weighted by Crippen LogP contribution is -2.32. The van der Waals surface area contributed by atoms with Gasteiger partial charge in [0.15, 0.2) is 0 Å². The highest BCUT2D eigenvalue weighted by atomic mass is 16.5. The lowest BCUT2D eigenvalue weighted by molar-refractivity contribution is 0.0717. The fourth-order valence-electron chi connectivity index (χ4n) is 3.53. The van der Waals surface area contributed by atoms with Gasteiger partial charge in [0, 0.05) is 30.5 Å². The second-order valence-electron chi connectivity index (χ2n) is 6.39. The average molecular weight is 349 g/mol. The van der Waals surface area contributed by atoms with Crippen LogP contribution in [0.2, 0.25) is 0 Å². The molecular formula is C20H19N3O3. The molecular weight excluding hydrogens is 330 g/mol. The van der Waals surface area contributed by atoms with E-state index in [0.29, 0.717) is 23.9 Å². The van der Waals surface area contributed by atoms with Crippen molar-refractivity contribution >= 4 is 16.8 Å². The molecule has 132 valence electrons. The number of aromatic nitrogens is 2. The molecule has 1 amide bonds. The van der Waals surface area contributed by atoms with E-state index in [2.05, 4.69) is 9.97 Å². The number of benzene rings is 1. The van der Waals surface area contributed by atoms with E-state index in [1.807, 2.05) is 24.3 Å². The summed E-state index contributed by atoms with van der Waals surface area (Å²) >= 11 is 0. The van der Waals surface area contributed by atoms with Crippen LogP contribution in [-0.2, 0) is 0 Å². The van der Waals surface area contributed by atoms with Gasteiger partial charge in [-0.15, -0.1) is 0 Å². The van der Waals surface area contributed by atoms with Gasteiger partial charge in [-0.2, -0.15) is 0 Å². The average Bonchev–Trinajstić information content (AvgIpc) is 3.09. The van der Waals surface area contributed by atoms with E-state index in [9.17, 15) is 9.90 Å². The molecule has 4 rings (SSSR count). The minimum absolute atomic E-state index is 0.130. The van der Waals surface area contributed by atoms with Crippen molar-refractivity contribution in [3.05, 3.63) is 66.1 Å². The molecule has 26 heavy (non-hydrogen) atoms. The third kappa shape index (κ3) is 2.88. The van der Waals surface area contributed by atoms with Crippen molar-refractivity contribution in [2.75, 3.05) is 13.7 Å². The highest BCUT2D eigenvalue weighted by Gasteiger charge is 2.36. The van der Waals surface area contributed by atoms with Crippen LogP contribution in [0.15, 0.2) is 55.0 Å². The summed E-state index contributed by atoms with van der Waals surface area (Å²) < 4.78 is 5.30. The Morgan fingerprint density at radius 3 is 3.00 bits per heavy atom. The Bertz CT molecular complexity index is 954. The second-order valence-corrected chi connectivity index (χ2v) is 6.39. The minimum atomic E-state index is -0.554. The maximum absolute atomic E-state index is 13.3. The number of likely N-dealkylation sites (tertiary alicyclic amines) is 1. The largest absolute Gasteiger partial charge is 0.497 e. The van der Waals surface area contributed by atoms with Gasteiger partial charge in [0.25, 0.3) is 5.91 Å². The highest BCUT2D eigenvalue weighted by Crippen LogP contribution is 2.35. The van der Waals surface area contributed by atoms with E-state index >= 15 is 0 Å². The molecule has 3 heterocycles. The predicted molar refractivity (Wildman–Crippen MR) is 96.9 cm³/mol. The monoisotopic (exact) mass is 349 g/mol. The van der Waals surface area contributed by atoms with Crippen LogP contribution in [-0.4, -0.2) is 45.6 Å². The minimum Gasteiger partial charge on any atom is -0.497 e. The third-order valence-corrected chi connectivity index (χ3v) is 4.79. The van der Waals surface area contributed by atoms with Gasteiger partial charge in [0.1, 0.15) is 5.75 Å². The number of hydrogen-bond donors (Lipinski definition) is 1. The number of pyridine rings is 2. The zero-order valence-electron chi connectivity index (χ0n) is 14.4. The number of carbonyl (C=O) groups is 1. The Morgan fingerprint density at radius 2 is 2.15 bits per heavy atom. The molecule has 1 N–H and O–H groups in total. The Hall–Kier alpha value is -2.99. The topological polar surface area (TPSA) is 75.6 Å². The van der Waals surface area contributed by atoms with Gasteiger partial charge in [-0.05, 0) is 36.2 Å². The second kappa shape index (κ2) is 6.72. The molecule has 1 fully saturated rings. The number of amides is 1. The van der Waals surface area contributed by atoms with Gasteiger partial charge in [0.05, 0.1) is 30.3 Å². The Labute approximate surface area is 151 Å². The van der Waals surface area contributed by atoms with E-state index in [-0.39, 0.29) is 11.9 Å². The van der Waals surface area contributed by atoms with E-state index in [0.717, 1.165) is 16.8 Å². The molecule has 0 unspecified atom stereocenters. The highest BCUT2D eigenvalue weighted by molar-refractivity contribution is 6.06. The van der Waals surface area contributed by atoms with Crippen LogP contribution in [0.4, 0.5) is 0 Å². The first kappa shape index (κ1) is 16.5. The van der Waals surface area contributed by atoms with Crippen LogP contribution < -0.4 is 4.74 Å². The Balaban J connectivity index is 1.73. The number of ether oxygens (including phenoxy) is 1. The summed E-state index contributed by atoms with van der Waals surface area (Å²) in [6, 6.07) is 10.9. The van der Waals surface area contributed by atoms with Gasteiger partial charge in [0.2, 0.25) is 0 Å². The summed E-state index contributed by atoms with van der Waals surface area (Å²) in [7, 11) is 1.61. The summed E-state index contributed by atoms with van der Waals surface area (Å²) in [6.07, 6.45) is 4.88. The third-order valence-electron chi connectivity index (χ3n) is 4.79. The smallest absolute Gasteiger partial charge is 0.255 e. The molecule has 0 bridgehead atoms. The molecule has 1 aliphatic heterocycles. The molecule has 1 aliphatic rings. The molecule has 0 saturated carbocycles. The van der Waals surface area contributed by atoms with Crippen molar-refractivity contribution in [1.82, 2.24) is 14.9 Å². The molecule has 0 aliphatic carbocycles. The number of nitrogens with zero attached hydrogens (tertiary/aromatic N) is 3. The number of aliphatic hydroxyl groups excluding tert-OH is 1. The van der Waals surface area contributed by atoms with Gasteiger partial charge >= 0.3 is 0 Å². The number of hydrogen-bond acceptors (Lipinski definition) is 5. The van der Waals surface area contributed by atoms with Crippen LogP contribution >= 0.6 is 0 Å². The van der Waals surface area contributed by atoms with E-state index in [4.69, 9.17) is 4.74 Å². The van der Waals surface area contributed by atoms with Crippen LogP contribution in [0.3, 0.4) is 0 Å². The van der Waals surface area contributed by atoms with Gasteiger partial charge in [-0.25, -0.2) is 0 Å². The summed E-state index contributed by atoms with van der Waals surface area (Å²) in [5.41, 5.74) is 2.22. The molecule has 1 aromatic carbocycles. The number of β-amino-alcohol motifs (C(OH)–C–C–N with tert-alkyl or cyclic N) is 1. The molecule has 2 atom stereocenters. The van der Waals surface area contributed by atoms with Crippen LogP contribution in [0, 0.1) is 0 Å². The van der Waals surface area contributed by atoms with Gasteiger partial charge < -0.3 is 14.7 Å². The molecule has 0 spiro atoms. The number of methoxy groups -OCH3 is 1. The lowest BCUT2D eigenvalue weighted by atomic mass is 10.0. The molecule has 6 heteroatoms. The van der Waals surface area contributed by atoms with Crippen LogP contribution in [0.25, 0.3) is 10.9 Å². The van der Waals surface area contributed by atoms with Crippen molar-refractivity contribution in [3.8, 4) is 5.75 Å². The molecule has 2 aromatic heterocycles. The number of aliphatic hydroxyl groups is 1. The van der Waals surface area contributed by atoms with E-state index in [1.165, 1.54) is 0 Å². The SMILES string of the molecule is COc1cccc([C@@H]2C[C@H](O)CN2C(=O)c2ccnc3ccncc23)c1. The van der Waals surface area contributed by atoms with E-state index < -0.39 is 6.10 Å². The standard InChI is InChI=1S/C20H19N3O3/c1-26-15-4-2-3-13(9-15)19-10-14(24)12-23(19)20(25)16-5-8-22-18-6-7-21-11-17(16)18/h2-9,11,14,19,24H,10,12H2,1H3/t14-,19-/m0/s1. The number of fused-ring (bicyclic) bond motifs is 1.